The third-order valence-corrected chi connectivity index (χ3v) is 3.06. The number of hydrogen-bond donors (Lipinski definition) is 1. The first-order chi connectivity index (χ1) is 7.38. The molecule has 0 saturated heterocycles. The van der Waals surface area contributed by atoms with Gasteiger partial charge in [-0.1, -0.05) is 43.2 Å². The predicted octanol–water partition coefficient (Wildman–Crippen LogP) is 4.31. The first-order valence-corrected chi connectivity index (χ1v) is 5.84. The van der Waals surface area contributed by atoms with Gasteiger partial charge in [0.2, 0.25) is 0 Å². The summed E-state index contributed by atoms with van der Waals surface area (Å²) >= 11 is 0. The molecule has 2 rings (SSSR count). The number of benzene rings is 1. The van der Waals surface area contributed by atoms with Crippen molar-refractivity contribution < 1.29 is 5.11 Å². The van der Waals surface area contributed by atoms with Crippen LogP contribution in [-0.4, -0.2) is 5.11 Å². The molecule has 0 spiro atoms. The summed E-state index contributed by atoms with van der Waals surface area (Å²) in [5.74, 6) is 0.612. The van der Waals surface area contributed by atoms with Crippen molar-refractivity contribution in [2.45, 2.75) is 38.5 Å². The summed E-state index contributed by atoms with van der Waals surface area (Å²) in [6.45, 7) is 0. The van der Waals surface area contributed by atoms with Crippen molar-refractivity contribution in [1.29, 1.82) is 0 Å². The lowest BCUT2D eigenvalue weighted by atomic mass is 9.93. The molecule has 1 nitrogen and oxygen atoms in total. The minimum atomic E-state index is 0.612. The van der Waals surface area contributed by atoms with E-state index in [1.165, 1.54) is 24.8 Å². The molecule has 1 aromatic rings. The van der Waals surface area contributed by atoms with Gasteiger partial charge in [-0.05, 0) is 30.4 Å². The zero-order chi connectivity index (χ0) is 10.5. The summed E-state index contributed by atoms with van der Waals surface area (Å²) in [6, 6.07) is 10.3. The Morgan fingerprint density at radius 2 is 1.47 bits per heavy atom. The Balaban J connectivity index is 2.27. The lowest BCUT2D eigenvalue weighted by molar-refractivity contribution is 0.377. The summed E-state index contributed by atoms with van der Waals surface area (Å²) in [6.07, 6.45) is 6.76. The van der Waals surface area contributed by atoms with Gasteiger partial charge >= 0.3 is 0 Å². The summed E-state index contributed by atoms with van der Waals surface area (Å²) < 4.78 is 0. The molecule has 0 bridgehead atoms. The van der Waals surface area contributed by atoms with Crippen LogP contribution in [-0.2, 0) is 0 Å². The number of aliphatic hydroxyl groups is 1. The maximum Gasteiger partial charge on any atom is 0.0960 e. The number of allylic oxidation sites excluding steroid dienone is 2. The van der Waals surface area contributed by atoms with Gasteiger partial charge < -0.3 is 5.11 Å². The van der Waals surface area contributed by atoms with Gasteiger partial charge in [0.15, 0.2) is 0 Å². The highest BCUT2D eigenvalue weighted by Gasteiger charge is 2.10. The fraction of sp³-hybridized carbons (Fsp3) is 0.429. The van der Waals surface area contributed by atoms with Gasteiger partial charge in [0.25, 0.3) is 0 Å². The van der Waals surface area contributed by atoms with Gasteiger partial charge in [0.1, 0.15) is 0 Å². The number of rotatable bonds is 1. The molecule has 0 saturated carbocycles. The van der Waals surface area contributed by atoms with Crippen LogP contribution in [0.4, 0.5) is 0 Å². The van der Waals surface area contributed by atoms with Gasteiger partial charge in [-0.15, -0.1) is 0 Å². The van der Waals surface area contributed by atoms with Crippen LogP contribution in [0.2, 0.25) is 0 Å². The second-order valence-electron chi connectivity index (χ2n) is 4.21. The second kappa shape index (κ2) is 5.01. The molecule has 0 unspecified atom stereocenters. The summed E-state index contributed by atoms with van der Waals surface area (Å²) in [4.78, 5) is 0. The second-order valence-corrected chi connectivity index (χ2v) is 4.21. The van der Waals surface area contributed by atoms with Gasteiger partial charge in [-0.25, -0.2) is 0 Å². The monoisotopic (exact) mass is 202 g/mol. The highest BCUT2D eigenvalue weighted by Crippen LogP contribution is 2.28. The molecule has 0 amide bonds. The molecule has 1 aliphatic carbocycles. The van der Waals surface area contributed by atoms with Crippen molar-refractivity contribution in [2.75, 3.05) is 0 Å². The topological polar surface area (TPSA) is 20.2 Å². The molecular formula is C14H18O. The van der Waals surface area contributed by atoms with Crippen LogP contribution in [0.3, 0.4) is 0 Å². The average Bonchev–Trinajstić information content (AvgIpc) is 2.25. The Morgan fingerprint density at radius 1 is 0.800 bits per heavy atom. The molecule has 0 radical (unpaired) electrons. The predicted molar refractivity (Wildman–Crippen MR) is 63.7 cm³/mol. The zero-order valence-electron chi connectivity index (χ0n) is 9.08. The van der Waals surface area contributed by atoms with Gasteiger partial charge in [-0.2, -0.15) is 0 Å². The average molecular weight is 202 g/mol. The number of aliphatic hydroxyl groups excluding tert-OH is 1. The molecule has 15 heavy (non-hydrogen) atoms. The summed E-state index contributed by atoms with van der Waals surface area (Å²) in [5.41, 5.74) is 2.35. The van der Waals surface area contributed by atoms with Crippen molar-refractivity contribution in [2.24, 2.45) is 0 Å². The Hall–Kier alpha value is -1.24. The maximum atomic E-state index is 10.0. The van der Waals surface area contributed by atoms with E-state index < -0.39 is 0 Å². The van der Waals surface area contributed by atoms with Gasteiger partial charge in [-0.3, -0.25) is 0 Å². The van der Waals surface area contributed by atoms with Crippen LogP contribution in [0.25, 0.3) is 5.57 Å². The van der Waals surface area contributed by atoms with Crippen molar-refractivity contribution in [1.82, 2.24) is 0 Å². The van der Waals surface area contributed by atoms with Gasteiger partial charge in [0, 0.05) is 6.42 Å². The highest BCUT2D eigenvalue weighted by molar-refractivity contribution is 5.67. The molecule has 0 heterocycles. The minimum Gasteiger partial charge on any atom is -0.512 e. The minimum absolute atomic E-state index is 0.612. The van der Waals surface area contributed by atoms with E-state index in [-0.39, 0.29) is 0 Å². The van der Waals surface area contributed by atoms with Crippen LogP contribution >= 0.6 is 0 Å². The van der Waals surface area contributed by atoms with E-state index in [9.17, 15) is 5.11 Å². The molecule has 1 N–H and O–H groups in total. The lowest BCUT2D eigenvalue weighted by Gasteiger charge is -2.14. The fourth-order valence-electron chi connectivity index (χ4n) is 2.19. The Morgan fingerprint density at radius 3 is 2.20 bits per heavy atom. The van der Waals surface area contributed by atoms with Crippen molar-refractivity contribution in [3.8, 4) is 0 Å². The Kier molecular flexibility index (Phi) is 3.44. The molecular weight excluding hydrogens is 184 g/mol. The SMILES string of the molecule is OC1=C(c2ccccc2)CCCCCC1. The van der Waals surface area contributed by atoms with E-state index in [1.54, 1.807) is 0 Å². The van der Waals surface area contributed by atoms with E-state index in [2.05, 4.69) is 12.1 Å². The van der Waals surface area contributed by atoms with E-state index in [0.29, 0.717) is 5.76 Å². The van der Waals surface area contributed by atoms with Gasteiger partial charge in [0.05, 0.1) is 5.76 Å². The molecule has 1 heteroatoms. The Bertz CT molecular complexity index is 338. The first-order valence-electron chi connectivity index (χ1n) is 5.84. The molecule has 1 aromatic carbocycles. The molecule has 80 valence electrons. The van der Waals surface area contributed by atoms with E-state index >= 15 is 0 Å². The molecule has 0 aliphatic heterocycles. The van der Waals surface area contributed by atoms with Crippen LogP contribution in [0, 0.1) is 0 Å². The number of hydrogen-bond acceptors (Lipinski definition) is 1. The standard InChI is InChI=1S/C14H18O/c15-14-11-7-2-1-6-10-13(14)12-8-4-3-5-9-12/h3-5,8-9,15H,1-2,6-7,10-11H2. The van der Waals surface area contributed by atoms with Crippen LogP contribution in [0.15, 0.2) is 36.1 Å². The lowest BCUT2D eigenvalue weighted by Crippen LogP contribution is -1.96. The molecule has 1 aliphatic rings. The third kappa shape index (κ3) is 2.62. The molecule has 0 aromatic heterocycles. The van der Waals surface area contributed by atoms with Crippen LogP contribution in [0.5, 0.6) is 0 Å². The summed E-state index contributed by atoms with van der Waals surface area (Å²) in [7, 11) is 0. The van der Waals surface area contributed by atoms with Crippen molar-refractivity contribution in [3.63, 3.8) is 0 Å². The first kappa shape index (κ1) is 10.3. The quantitative estimate of drug-likeness (QED) is 0.719. The van der Waals surface area contributed by atoms with Crippen molar-refractivity contribution >= 4 is 5.57 Å². The zero-order valence-corrected chi connectivity index (χ0v) is 9.08. The maximum absolute atomic E-state index is 10.0. The fourth-order valence-corrected chi connectivity index (χ4v) is 2.19. The van der Waals surface area contributed by atoms with Crippen LogP contribution < -0.4 is 0 Å². The van der Waals surface area contributed by atoms with E-state index in [0.717, 1.165) is 24.8 Å². The smallest absolute Gasteiger partial charge is 0.0960 e. The third-order valence-electron chi connectivity index (χ3n) is 3.06. The van der Waals surface area contributed by atoms with E-state index in [4.69, 9.17) is 0 Å². The highest BCUT2D eigenvalue weighted by atomic mass is 16.3. The largest absolute Gasteiger partial charge is 0.512 e. The normalized spacial score (nSPS) is 18.4. The van der Waals surface area contributed by atoms with E-state index in [1.807, 2.05) is 18.2 Å². The molecule has 0 atom stereocenters. The van der Waals surface area contributed by atoms with Crippen molar-refractivity contribution in [3.05, 3.63) is 41.7 Å². The summed E-state index contributed by atoms with van der Waals surface area (Å²) in [5, 5.41) is 10.0. The van der Waals surface area contributed by atoms with Crippen LogP contribution in [0.1, 0.15) is 44.1 Å². The molecule has 0 fully saturated rings. The Labute approximate surface area is 91.4 Å².